The number of amides is 3. The van der Waals surface area contributed by atoms with E-state index in [1.165, 1.54) is 0 Å². The van der Waals surface area contributed by atoms with E-state index in [2.05, 4.69) is 17.6 Å². The molecular formula is C18H27N3O3. The van der Waals surface area contributed by atoms with E-state index in [4.69, 9.17) is 4.74 Å². The fraction of sp³-hybridized carbons (Fsp3) is 0.556. The molecule has 2 rings (SSSR count). The van der Waals surface area contributed by atoms with Crippen molar-refractivity contribution in [1.82, 2.24) is 10.6 Å². The molecule has 24 heavy (non-hydrogen) atoms. The lowest BCUT2D eigenvalue weighted by molar-refractivity contribution is -0.117. The van der Waals surface area contributed by atoms with Gasteiger partial charge in [-0.15, -0.1) is 0 Å². The summed E-state index contributed by atoms with van der Waals surface area (Å²) in [6.07, 6.45) is 3.53. The van der Waals surface area contributed by atoms with Crippen molar-refractivity contribution in [3.8, 4) is 5.75 Å². The molecule has 3 amide bonds. The first-order valence-electron chi connectivity index (χ1n) is 8.71. The predicted octanol–water partition coefficient (Wildman–Crippen LogP) is 2.68. The van der Waals surface area contributed by atoms with Crippen LogP contribution in [0.1, 0.15) is 39.5 Å². The average Bonchev–Trinajstić information content (AvgIpc) is 2.93. The average molecular weight is 333 g/mol. The van der Waals surface area contributed by atoms with Crippen molar-refractivity contribution in [3.63, 3.8) is 0 Å². The number of unbranched alkanes of at least 4 members (excludes halogenated alkanes) is 2. The fourth-order valence-corrected chi connectivity index (χ4v) is 2.76. The van der Waals surface area contributed by atoms with Crippen LogP contribution in [0.4, 0.5) is 10.5 Å². The summed E-state index contributed by atoms with van der Waals surface area (Å²) in [5.74, 6) is 0.810. The number of anilines is 1. The maximum Gasteiger partial charge on any atom is 0.315 e. The van der Waals surface area contributed by atoms with Gasteiger partial charge in [0.05, 0.1) is 12.6 Å². The quantitative estimate of drug-likeness (QED) is 0.719. The number of nitrogens with zero attached hydrogens (tertiary/aromatic N) is 1. The van der Waals surface area contributed by atoms with Crippen molar-refractivity contribution in [1.29, 1.82) is 0 Å². The molecule has 1 aromatic carbocycles. The number of nitrogens with one attached hydrogen (secondary N) is 2. The van der Waals surface area contributed by atoms with E-state index in [1.807, 2.05) is 31.2 Å². The zero-order chi connectivity index (χ0) is 17.4. The molecule has 0 bridgehead atoms. The van der Waals surface area contributed by atoms with E-state index in [9.17, 15) is 9.59 Å². The smallest absolute Gasteiger partial charge is 0.315 e. The molecule has 6 nitrogen and oxygen atoms in total. The molecule has 132 valence electrons. The van der Waals surface area contributed by atoms with Crippen molar-refractivity contribution in [2.75, 3.05) is 24.6 Å². The Morgan fingerprint density at radius 3 is 2.67 bits per heavy atom. The molecule has 6 heteroatoms. The van der Waals surface area contributed by atoms with Gasteiger partial charge in [-0.2, -0.15) is 0 Å². The van der Waals surface area contributed by atoms with Gasteiger partial charge in [-0.3, -0.25) is 4.79 Å². The minimum atomic E-state index is -0.197. The van der Waals surface area contributed by atoms with Gasteiger partial charge < -0.3 is 20.3 Å². The van der Waals surface area contributed by atoms with E-state index >= 15 is 0 Å². The summed E-state index contributed by atoms with van der Waals surface area (Å²) in [4.78, 5) is 25.8. The molecule has 0 aromatic heterocycles. The number of benzene rings is 1. The third kappa shape index (κ3) is 5.15. The first kappa shape index (κ1) is 18.1. The Morgan fingerprint density at radius 1 is 1.25 bits per heavy atom. The monoisotopic (exact) mass is 333 g/mol. The van der Waals surface area contributed by atoms with Crippen LogP contribution in [0.3, 0.4) is 0 Å². The molecule has 1 aliphatic rings. The molecule has 1 aliphatic heterocycles. The molecule has 0 unspecified atom stereocenters. The Bertz CT molecular complexity index is 545. The van der Waals surface area contributed by atoms with Crippen LogP contribution >= 0.6 is 0 Å². The van der Waals surface area contributed by atoms with Gasteiger partial charge in [0, 0.05) is 25.2 Å². The van der Waals surface area contributed by atoms with Gasteiger partial charge in [0.25, 0.3) is 0 Å². The molecule has 2 N–H and O–H groups in total. The Hall–Kier alpha value is -2.24. The van der Waals surface area contributed by atoms with Crippen LogP contribution in [0.2, 0.25) is 0 Å². The summed E-state index contributed by atoms with van der Waals surface area (Å²) < 4.78 is 5.41. The summed E-state index contributed by atoms with van der Waals surface area (Å²) in [5, 5.41) is 5.72. The number of ether oxygens (including phenoxy) is 1. The minimum Gasteiger partial charge on any atom is -0.494 e. The standard InChI is InChI=1S/C18H27N3O3/c1-3-5-6-11-19-18(23)20-14-12-17(22)21(13-14)15-7-9-16(10-8-15)24-4-2/h7-10,14H,3-6,11-13H2,1-2H3,(H2,19,20,23)/t14-/m1/s1. The van der Waals surface area contributed by atoms with Gasteiger partial charge in [0.15, 0.2) is 0 Å². The molecule has 1 fully saturated rings. The van der Waals surface area contributed by atoms with Crippen LogP contribution in [0.5, 0.6) is 5.75 Å². The zero-order valence-corrected chi connectivity index (χ0v) is 14.5. The van der Waals surface area contributed by atoms with Gasteiger partial charge in [0.2, 0.25) is 5.91 Å². The number of carbonyl (C=O) groups excluding carboxylic acids is 2. The summed E-state index contributed by atoms with van der Waals surface area (Å²) in [5.41, 5.74) is 0.830. The molecular weight excluding hydrogens is 306 g/mol. The lowest BCUT2D eigenvalue weighted by Crippen LogP contribution is -2.43. The minimum absolute atomic E-state index is 0.0236. The van der Waals surface area contributed by atoms with Crippen LogP contribution < -0.4 is 20.3 Å². The van der Waals surface area contributed by atoms with Crippen molar-refractivity contribution < 1.29 is 14.3 Å². The molecule has 1 heterocycles. The lowest BCUT2D eigenvalue weighted by atomic mass is 10.2. The van der Waals surface area contributed by atoms with E-state index in [0.29, 0.717) is 26.1 Å². The second kappa shape index (κ2) is 9.15. The van der Waals surface area contributed by atoms with Crippen LogP contribution in [0.25, 0.3) is 0 Å². The number of rotatable bonds is 8. The van der Waals surface area contributed by atoms with Gasteiger partial charge in [-0.1, -0.05) is 19.8 Å². The van der Waals surface area contributed by atoms with Crippen LogP contribution in [-0.2, 0) is 4.79 Å². The third-order valence-corrected chi connectivity index (χ3v) is 3.99. The van der Waals surface area contributed by atoms with Crippen molar-refractivity contribution >= 4 is 17.6 Å². The van der Waals surface area contributed by atoms with Crippen molar-refractivity contribution in [2.45, 2.75) is 45.6 Å². The molecule has 1 saturated heterocycles. The second-order valence-corrected chi connectivity index (χ2v) is 5.94. The highest BCUT2D eigenvalue weighted by atomic mass is 16.5. The number of carbonyl (C=O) groups is 2. The Balaban J connectivity index is 1.83. The summed E-state index contributed by atoms with van der Waals surface area (Å²) in [6.45, 7) is 5.83. The highest BCUT2D eigenvalue weighted by Crippen LogP contribution is 2.24. The normalized spacial score (nSPS) is 17.0. The maximum atomic E-state index is 12.2. The van der Waals surface area contributed by atoms with Gasteiger partial charge in [-0.25, -0.2) is 4.79 Å². The molecule has 0 radical (unpaired) electrons. The third-order valence-electron chi connectivity index (χ3n) is 3.99. The largest absolute Gasteiger partial charge is 0.494 e. The lowest BCUT2D eigenvalue weighted by Gasteiger charge is -2.18. The molecule has 1 atom stereocenters. The van der Waals surface area contributed by atoms with Gasteiger partial charge in [0.1, 0.15) is 5.75 Å². The van der Waals surface area contributed by atoms with E-state index in [0.717, 1.165) is 30.7 Å². The maximum absolute atomic E-state index is 12.2. The number of hydrogen-bond donors (Lipinski definition) is 2. The van der Waals surface area contributed by atoms with Crippen LogP contribution in [0.15, 0.2) is 24.3 Å². The van der Waals surface area contributed by atoms with E-state index in [1.54, 1.807) is 4.90 Å². The SMILES string of the molecule is CCCCCNC(=O)N[C@@H]1CC(=O)N(c2ccc(OCC)cc2)C1. The summed E-state index contributed by atoms with van der Waals surface area (Å²) in [6, 6.07) is 7.10. The number of hydrogen-bond acceptors (Lipinski definition) is 3. The van der Waals surface area contributed by atoms with Gasteiger partial charge >= 0.3 is 6.03 Å². The molecule has 0 saturated carbocycles. The topological polar surface area (TPSA) is 70.7 Å². The predicted molar refractivity (Wildman–Crippen MR) is 94.4 cm³/mol. The first-order chi connectivity index (χ1) is 11.6. The van der Waals surface area contributed by atoms with Crippen molar-refractivity contribution in [3.05, 3.63) is 24.3 Å². The summed E-state index contributed by atoms with van der Waals surface area (Å²) in [7, 11) is 0. The van der Waals surface area contributed by atoms with Crippen LogP contribution in [-0.4, -0.2) is 37.7 Å². The zero-order valence-electron chi connectivity index (χ0n) is 14.5. The van der Waals surface area contributed by atoms with E-state index < -0.39 is 0 Å². The molecule has 0 aliphatic carbocycles. The highest BCUT2D eigenvalue weighted by Gasteiger charge is 2.31. The summed E-state index contributed by atoms with van der Waals surface area (Å²) >= 11 is 0. The Morgan fingerprint density at radius 2 is 2.00 bits per heavy atom. The Labute approximate surface area is 143 Å². The fourth-order valence-electron chi connectivity index (χ4n) is 2.76. The molecule has 0 spiro atoms. The highest BCUT2D eigenvalue weighted by molar-refractivity contribution is 5.96. The second-order valence-electron chi connectivity index (χ2n) is 5.94. The first-order valence-corrected chi connectivity index (χ1v) is 8.71. The molecule has 1 aromatic rings. The number of urea groups is 1. The van der Waals surface area contributed by atoms with Gasteiger partial charge in [-0.05, 0) is 37.6 Å². The van der Waals surface area contributed by atoms with E-state index in [-0.39, 0.29) is 18.0 Å². The van der Waals surface area contributed by atoms with Crippen molar-refractivity contribution in [2.24, 2.45) is 0 Å². The van der Waals surface area contributed by atoms with Crippen LogP contribution in [0, 0.1) is 0 Å². The Kier molecular flexibility index (Phi) is 6.90.